The summed E-state index contributed by atoms with van der Waals surface area (Å²) in [5.41, 5.74) is 2.73. The van der Waals surface area contributed by atoms with Gasteiger partial charge < -0.3 is 4.57 Å². The molecule has 0 fully saturated rings. The van der Waals surface area contributed by atoms with E-state index in [9.17, 15) is 4.79 Å². The molecule has 2 aromatic heterocycles. The Kier molecular flexibility index (Phi) is 3.88. The Balaban J connectivity index is 2.35. The zero-order chi connectivity index (χ0) is 13.3. The molecule has 0 radical (unpaired) electrons. The number of ketones is 1. The highest BCUT2D eigenvalue weighted by molar-refractivity contribution is 7.09. The van der Waals surface area contributed by atoms with Gasteiger partial charge in [0.1, 0.15) is 5.01 Å². The van der Waals surface area contributed by atoms with Gasteiger partial charge in [-0.25, -0.2) is 4.98 Å². The van der Waals surface area contributed by atoms with Crippen LogP contribution in [0.3, 0.4) is 0 Å². The van der Waals surface area contributed by atoms with E-state index >= 15 is 0 Å². The van der Waals surface area contributed by atoms with Crippen molar-refractivity contribution in [3.8, 4) is 0 Å². The first kappa shape index (κ1) is 13.3. The average Bonchev–Trinajstić information content (AvgIpc) is 2.91. The molecular weight excluding hydrogens is 268 g/mol. The van der Waals surface area contributed by atoms with Gasteiger partial charge in [0, 0.05) is 28.5 Å². The van der Waals surface area contributed by atoms with E-state index in [0.29, 0.717) is 12.1 Å². The van der Waals surface area contributed by atoms with Crippen molar-refractivity contribution in [2.75, 3.05) is 0 Å². The van der Waals surface area contributed by atoms with Crippen LogP contribution in [0.15, 0.2) is 17.6 Å². The molecule has 0 aliphatic heterocycles. The first-order chi connectivity index (χ1) is 8.50. The fourth-order valence-electron chi connectivity index (χ4n) is 1.97. The van der Waals surface area contributed by atoms with Gasteiger partial charge in [0.25, 0.3) is 0 Å². The van der Waals surface area contributed by atoms with Gasteiger partial charge in [-0.15, -0.1) is 22.9 Å². The summed E-state index contributed by atoms with van der Waals surface area (Å²) >= 11 is 7.49. The summed E-state index contributed by atoms with van der Waals surface area (Å²) in [4.78, 5) is 16.2. The fourth-order valence-corrected chi connectivity index (χ4v) is 2.70. The third-order valence-corrected chi connectivity index (χ3v) is 3.94. The highest BCUT2D eigenvalue weighted by Crippen LogP contribution is 2.20. The number of carbonyl (C=O) groups excluding carboxylic acids is 1. The van der Waals surface area contributed by atoms with Crippen molar-refractivity contribution in [1.82, 2.24) is 9.55 Å². The van der Waals surface area contributed by atoms with E-state index in [2.05, 4.69) is 9.55 Å². The molecule has 0 aliphatic carbocycles. The first-order valence-electron chi connectivity index (χ1n) is 5.74. The van der Waals surface area contributed by atoms with Crippen LogP contribution in [-0.2, 0) is 6.54 Å². The second-order valence-corrected chi connectivity index (χ2v) is 5.91. The SMILES string of the molecule is Cc1cc(C(=O)C(C)Cl)c(C)n1Cc1nccs1. The van der Waals surface area contributed by atoms with Gasteiger partial charge in [0.15, 0.2) is 5.78 Å². The van der Waals surface area contributed by atoms with Crippen LogP contribution in [-0.4, -0.2) is 20.7 Å². The van der Waals surface area contributed by atoms with Crippen LogP contribution < -0.4 is 0 Å². The van der Waals surface area contributed by atoms with Crippen molar-refractivity contribution in [2.45, 2.75) is 32.7 Å². The summed E-state index contributed by atoms with van der Waals surface area (Å²) in [7, 11) is 0. The van der Waals surface area contributed by atoms with Crippen LogP contribution in [0.2, 0.25) is 0 Å². The predicted octanol–water partition coefficient (Wildman–Crippen LogP) is 3.42. The molecule has 0 spiro atoms. The normalized spacial score (nSPS) is 12.7. The maximum Gasteiger partial charge on any atom is 0.182 e. The molecular formula is C13H15ClN2OS. The van der Waals surface area contributed by atoms with Gasteiger partial charge in [-0.3, -0.25) is 4.79 Å². The van der Waals surface area contributed by atoms with Crippen molar-refractivity contribution in [1.29, 1.82) is 0 Å². The van der Waals surface area contributed by atoms with Gasteiger partial charge >= 0.3 is 0 Å². The smallest absolute Gasteiger partial charge is 0.182 e. The second-order valence-electron chi connectivity index (χ2n) is 4.28. The third-order valence-electron chi connectivity index (χ3n) is 2.98. The molecule has 2 heterocycles. The maximum absolute atomic E-state index is 12.0. The Morgan fingerprint density at radius 3 is 2.83 bits per heavy atom. The van der Waals surface area contributed by atoms with Crippen molar-refractivity contribution in [2.24, 2.45) is 0 Å². The number of nitrogens with zero attached hydrogens (tertiary/aromatic N) is 2. The quantitative estimate of drug-likeness (QED) is 0.636. The highest BCUT2D eigenvalue weighted by Gasteiger charge is 2.19. The molecule has 0 aromatic carbocycles. The minimum absolute atomic E-state index is 0.0184. The Bertz CT molecular complexity index is 558. The molecule has 96 valence electrons. The van der Waals surface area contributed by atoms with Gasteiger partial charge in [-0.05, 0) is 26.8 Å². The van der Waals surface area contributed by atoms with Crippen LogP contribution in [0.25, 0.3) is 0 Å². The lowest BCUT2D eigenvalue weighted by molar-refractivity contribution is 0.0991. The summed E-state index contributed by atoms with van der Waals surface area (Å²) in [6.07, 6.45) is 1.79. The van der Waals surface area contributed by atoms with Gasteiger partial charge in [-0.1, -0.05) is 0 Å². The van der Waals surface area contributed by atoms with Crippen LogP contribution in [0.4, 0.5) is 0 Å². The Morgan fingerprint density at radius 2 is 2.28 bits per heavy atom. The molecule has 0 saturated carbocycles. The second kappa shape index (κ2) is 5.24. The summed E-state index contributed by atoms with van der Waals surface area (Å²) in [6, 6.07) is 1.91. The molecule has 0 bridgehead atoms. The molecule has 3 nitrogen and oxygen atoms in total. The number of hydrogen-bond acceptors (Lipinski definition) is 3. The van der Waals surface area contributed by atoms with Crippen LogP contribution in [0, 0.1) is 13.8 Å². The third kappa shape index (κ3) is 2.49. The molecule has 0 aliphatic rings. The monoisotopic (exact) mass is 282 g/mol. The molecule has 0 N–H and O–H groups in total. The fraction of sp³-hybridized carbons (Fsp3) is 0.385. The Hall–Kier alpha value is -1.13. The number of aromatic nitrogens is 2. The zero-order valence-electron chi connectivity index (χ0n) is 10.6. The van der Waals surface area contributed by atoms with E-state index < -0.39 is 5.38 Å². The van der Waals surface area contributed by atoms with E-state index in [-0.39, 0.29) is 5.78 Å². The lowest BCUT2D eigenvalue weighted by Gasteiger charge is -2.08. The van der Waals surface area contributed by atoms with Crippen molar-refractivity contribution in [3.05, 3.63) is 39.6 Å². The molecule has 2 rings (SSSR count). The molecule has 2 aromatic rings. The van der Waals surface area contributed by atoms with Gasteiger partial charge in [-0.2, -0.15) is 0 Å². The van der Waals surface area contributed by atoms with E-state index in [1.165, 1.54) is 0 Å². The van der Waals surface area contributed by atoms with E-state index in [0.717, 1.165) is 16.4 Å². The summed E-state index contributed by atoms with van der Waals surface area (Å²) in [6.45, 7) is 6.36. The van der Waals surface area contributed by atoms with Gasteiger partial charge in [0.2, 0.25) is 0 Å². The number of thiazole rings is 1. The molecule has 0 saturated heterocycles. The number of alkyl halides is 1. The Labute approximate surface area is 115 Å². The lowest BCUT2D eigenvalue weighted by Crippen LogP contribution is -2.12. The summed E-state index contributed by atoms with van der Waals surface area (Å²) in [5.74, 6) is -0.0184. The summed E-state index contributed by atoms with van der Waals surface area (Å²) in [5, 5.41) is 2.50. The predicted molar refractivity (Wildman–Crippen MR) is 74.8 cm³/mol. The number of halogens is 1. The molecule has 1 atom stereocenters. The first-order valence-corrected chi connectivity index (χ1v) is 7.05. The molecule has 18 heavy (non-hydrogen) atoms. The maximum atomic E-state index is 12.0. The van der Waals surface area contributed by atoms with E-state index in [1.807, 2.05) is 25.3 Å². The van der Waals surface area contributed by atoms with Crippen molar-refractivity contribution < 1.29 is 4.79 Å². The number of aryl methyl sites for hydroxylation is 1. The number of rotatable bonds is 4. The molecule has 0 amide bonds. The topological polar surface area (TPSA) is 34.9 Å². The van der Waals surface area contributed by atoms with Crippen LogP contribution in [0.1, 0.15) is 33.7 Å². The van der Waals surface area contributed by atoms with E-state index in [4.69, 9.17) is 11.6 Å². The average molecular weight is 283 g/mol. The number of carbonyl (C=O) groups is 1. The Morgan fingerprint density at radius 1 is 1.56 bits per heavy atom. The lowest BCUT2D eigenvalue weighted by atomic mass is 10.1. The van der Waals surface area contributed by atoms with Crippen LogP contribution >= 0.6 is 22.9 Å². The largest absolute Gasteiger partial charge is 0.342 e. The van der Waals surface area contributed by atoms with Crippen molar-refractivity contribution >= 4 is 28.7 Å². The van der Waals surface area contributed by atoms with Gasteiger partial charge in [0.05, 0.1) is 11.9 Å². The standard InChI is InChI=1S/C13H15ClN2OS/c1-8-6-11(13(17)9(2)14)10(3)16(8)7-12-15-4-5-18-12/h4-6,9H,7H2,1-3H3. The number of Topliss-reactive ketones (excluding diaryl/α,β-unsaturated/α-hetero) is 1. The van der Waals surface area contributed by atoms with Crippen LogP contribution in [0.5, 0.6) is 0 Å². The minimum Gasteiger partial charge on any atom is -0.342 e. The minimum atomic E-state index is -0.487. The van der Waals surface area contributed by atoms with E-state index in [1.54, 1.807) is 24.5 Å². The zero-order valence-corrected chi connectivity index (χ0v) is 12.2. The number of hydrogen-bond donors (Lipinski definition) is 0. The summed E-state index contributed by atoms with van der Waals surface area (Å²) < 4.78 is 2.10. The van der Waals surface area contributed by atoms with Crippen molar-refractivity contribution in [3.63, 3.8) is 0 Å². The highest BCUT2D eigenvalue weighted by atomic mass is 35.5. The molecule has 1 unspecified atom stereocenters. The molecule has 5 heteroatoms.